The van der Waals surface area contributed by atoms with Gasteiger partial charge in [0.2, 0.25) is 5.91 Å². The highest BCUT2D eigenvalue weighted by Gasteiger charge is 2.45. The first kappa shape index (κ1) is 31.4. The van der Waals surface area contributed by atoms with Gasteiger partial charge < -0.3 is 29.2 Å². The zero-order valence-corrected chi connectivity index (χ0v) is 27.2. The van der Waals surface area contributed by atoms with Crippen LogP contribution in [0.1, 0.15) is 33.6 Å². The summed E-state index contributed by atoms with van der Waals surface area (Å²) < 4.78 is 13.7. The molecule has 1 aliphatic rings. The number of aromatic nitrogens is 4. The standard InChI is InChI=1S/C30H45N7O4Si/c1-29(2,3)41-28(39)34-30(27(38)35(4)5)10-13-36(14-11-30)24-9-12-33-26-25(24)23(22-17-31-20-32-18-22)19-37(26)21-40-15-16-42(6,7)8/h9,12,17-20H,10-11,13-16,21H2,1-8H3,(H,34,39). The molecule has 228 valence electrons. The van der Waals surface area contributed by atoms with E-state index in [1.54, 1.807) is 26.5 Å². The van der Waals surface area contributed by atoms with Crippen LogP contribution in [-0.4, -0.2) is 89.4 Å². The van der Waals surface area contributed by atoms with Crippen LogP contribution in [0.5, 0.6) is 0 Å². The van der Waals surface area contributed by atoms with Crippen molar-refractivity contribution in [2.45, 2.75) is 77.2 Å². The van der Waals surface area contributed by atoms with Crippen molar-refractivity contribution in [2.75, 3.05) is 38.7 Å². The molecule has 1 N–H and O–H groups in total. The van der Waals surface area contributed by atoms with Crippen LogP contribution in [0.3, 0.4) is 0 Å². The highest BCUT2D eigenvalue weighted by molar-refractivity contribution is 6.76. The Labute approximate surface area is 249 Å². The molecule has 4 rings (SSSR count). The van der Waals surface area contributed by atoms with E-state index >= 15 is 0 Å². The Morgan fingerprint density at radius 3 is 2.38 bits per heavy atom. The lowest BCUT2D eigenvalue weighted by molar-refractivity contribution is -0.136. The third kappa shape index (κ3) is 7.46. The Morgan fingerprint density at radius 1 is 1.12 bits per heavy atom. The van der Waals surface area contributed by atoms with Gasteiger partial charge in [-0.3, -0.25) is 4.79 Å². The molecule has 0 aromatic carbocycles. The zero-order chi connectivity index (χ0) is 30.7. The summed E-state index contributed by atoms with van der Waals surface area (Å²) in [5.41, 5.74) is 1.95. The summed E-state index contributed by atoms with van der Waals surface area (Å²) in [6.45, 7) is 14.6. The molecule has 1 saturated heterocycles. The highest BCUT2D eigenvalue weighted by atomic mass is 28.3. The van der Waals surface area contributed by atoms with Crippen LogP contribution >= 0.6 is 0 Å². The molecule has 0 unspecified atom stereocenters. The molecule has 0 aliphatic carbocycles. The number of hydrogen-bond donors (Lipinski definition) is 1. The number of nitrogens with one attached hydrogen (secondary N) is 1. The number of rotatable bonds is 9. The van der Waals surface area contributed by atoms with E-state index in [0.717, 1.165) is 33.9 Å². The summed E-state index contributed by atoms with van der Waals surface area (Å²) >= 11 is 0. The molecule has 0 saturated carbocycles. The number of amides is 2. The van der Waals surface area contributed by atoms with Crippen molar-refractivity contribution in [3.05, 3.63) is 37.2 Å². The fourth-order valence-electron chi connectivity index (χ4n) is 5.21. The Kier molecular flexibility index (Phi) is 9.26. The van der Waals surface area contributed by atoms with Gasteiger partial charge in [-0.25, -0.2) is 19.7 Å². The minimum Gasteiger partial charge on any atom is -0.444 e. The van der Waals surface area contributed by atoms with Crippen molar-refractivity contribution in [3.63, 3.8) is 0 Å². The van der Waals surface area contributed by atoms with Crippen LogP contribution in [0.15, 0.2) is 37.2 Å². The summed E-state index contributed by atoms with van der Waals surface area (Å²) in [5, 5.41) is 3.91. The maximum Gasteiger partial charge on any atom is 0.408 e. The Balaban J connectivity index is 1.65. The van der Waals surface area contributed by atoms with Gasteiger partial charge in [-0.15, -0.1) is 0 Å². The number of ether oxygens (including phenoxy) is 2. The molecular weight excluding hydrogens is 550 g/mol. The second kappa shape index (κ2) is 12.4. The van der Waals surface area contributed by atoms with Gasteiger partial charge in [0.05, 0.1) is 5.39 Å². The first-order valence-corrected chi connectivity index (χ1v) is 18.2. The van der Waals surface area contributed by atoms with Crippen molar-refractivity contribution in [2.24, 2.45) is 0 Å². The lowest BCUT2D eigenvalue weighted by Gasteiger charge is -2.43. The number of carbonyl (C=O) groups is 2. The molecule has 3 aromatic heterocycles. The van der Waals surface area contributed by atoms with Crippen LogP contribution < -0.4 is 10.2 Å². The third-order valence-electron chi connectivity index (χ3n) is 7.35. The first-order valence-electron chi connectivity index (χ1n) is 14.5. The van der Waals surface area contributed by atoms with E-state index < -0.39 is 25.3 Å². The fourth-order valence-corrected chi connectivity index (χ4v) is 5.96. The molecule has 0 bridgehead atoms. The molecule has 0 radical (unpaired) electrons. The Morgan fingerprint density at radius 2 is 1.79 bits per heavy atom. The van der Waals surface area contributed by atoms with Gasteiger partial charge in [0.15, 0.2) is 0 Å². The van der Waals surface area contributed by atoms with E-state index in [4.69, 9.17) is 14.5 Å². The number of nitrogens with zero attached hydrogens (tertiary/aromatic N) is 6. The van der Waals surface area contributed by atoms with E-state index in [9.17, 15) is 9.59 Å². The van der Waals surface area contributed by atoms with Crippen LogP contribution in [0, 0.1) is 0 Å². The number of fused-ring (bicyclic) bond motifs is 1. The Hall–Kier alpha value is -3.51. The molecule has 1 fully saturated rings. The first-order chi connectivity index (χ1) is 19.7. The van der Waals surface area contributed by atoms with E-state index in [1.807, 2.05) is 37.6 Å². The zero-order valence-electron chi connectivity index (χ0n) is 26.2. The molecule has 0 spiro atoms. The molecule has 4 heterocycles. The van der Waals surface area contributed by atoms with Gasteiger partial charge in [-0.2, -0.15) is 0 Å². The predicted molar refractivity (Wildman–Crippen MR) is 167 cm³/mol. The van der Waals surface area contributed by atoms with Crippen LogP contribution in [0.25, 0.3) is 22.2 Å². The van der Waals surface area contributed by atoms with Gasteiger partial charge in [0.1, 0.15) is 29.8 Å². The second-order valence-corrected chi connectivity index (χ2v) is 19.0. The number of hydrogen-bond acceptors (Lipinski definition) is 8. The van der Waals surface area contributed by atoms with E-state index in [0.29, 0.717) is 39.3 Å². The number of piperidine rings is 1. The number of anilines is 1. The summed E-state index contributed by atoms with van der Waals surface area (Å²) in [6.07, 6.45) is 9.26. The molecule has 0 atom stereocenters. The highest BCUT2D eigenvalue weighted by Crippen LogP contribution is 2.38. The summed E-state index contributed by atoms with van der Waals surface area (Å²) in [7, 11) is 2.21. The SMILES string of the molecule is CN(C)C(=O)C1(NC(=O)OC(C)(C)C)CCN(c2ccnc3c2c(-c2cncnc2)cn3COCC[Si](C)(C)C)CC1. The number of alkyl carbamates (subject to hydrolysis) is 1. The van der Waals surface area contributed by atoms with Crippen molar-refractivity contribution < 1.29 is 19.1 Å². The molecule has 42 heavy (non-hydrogen) atoms. The number of carbonyl (C=O) groups excluding carboxylic acids is 2. The predicted octanol–water partition coefficient (Wildman–Crippen LogP) is 4.76. The van der Waals surface area contributed by atoms with Gasteiger partial charge in [0, 0.05) is 83.5 Å². The third-order valence-corrected chi connectivity index (χ3v) is 9.05. The van der Waals surface area contributed by atoms with Crippen molar-refractivity contribution in [1.82, 2.24) is 29.7 Å². The second-order valence-electron chi connectivity index (χ2n) is 13.4. The van der Waals surface area contributed by atoms with Gasteiger partial charge >= 0.3 is 6.09 Å². The molecule has 2 amide bonds. The number of likely N-dealkylation sites (N-methyl/N-ethyl adjacent to an activating group) is 1. The maximum atomic E-state index is 13.4. The van der Waals surface area contributed by atoms with Gasteiger partial charge in [-0.05, 0) is 45.7 Å². The summed E-state index contributed by atoms with van der Waals surface area (Å²) in [6, 6.07) is 3.09. The van der Waals surface area contributed by atoms with Crippen molar-refractivity contribution >= 4 is 36.8 Å². The minimum atomic E-state index is -1.21. The molecule has 12 heteroatoms. The Bertz CT molecular complexity index is 1390. The lowest BCUT2D eigenvalue weighted by atomic mass is 9.85. The van der Waals surface area contributed by atoms with E-state index in [2.05, 4.69) is 46.0 Å². The lowest BCUT2D eigenvalue weighted by Crippen LogP contribution is -2.63. The van der Waals surface area contributed by atoms with Crippen LogP contribution in [-0.2, 0) is 21.0 Å². The number of pyridine rings is 1. The monoisotopic (exact) mass is 595 g/mol. The molecule has 11 nitrogen and oxygen atoms in total. The largest absolute Gasteiger partial charge is 0.444 e. The maximum absolute atomic E-state index is 13.4. The van der Waals surface area contributed by atoms with E-state index in [1.165, 1.54) is 11.2 Å². The molecular formula is C30H45N7O4Si. The normalized spacial score (nSPS) is 15.5. The summed E-state index contributed by atoms with van der Waals surface area (Å²) in [5.74, 6) is -0.142. The van der Waals surface area contributed by atoms with Crippen molar-refractivity contribution in [3.8, 4) is 11.1 Å². The average Bonchev–Trinajstić information content (AvgIpc) is 3.29. The van der Waals surface area contributed by atoms with E-state index in [-0.39, 0.29) is 5.91 Å². The summed E-state index contributed by atoms with van der Waals surface area (Å²) in [4.78, 5) is 43.3. The fraction of sp³-hybridized carbons (Fsp3) is 0.567. The van der Waals surface area contributed by atoms with Crippen LogP contribution in [0.4, 0.5) is 10.5 Å². The van der Waals surface area contributed by atoms with Crippen LogP contribution in [0.2, 0.25) is 25.7 Å². The van der Waals surface area contributed by atoms with Gasteiger partial charge in [0.25, 0.3) is 0 Å². The molecule has 1 aliphatic heterocycles. The topological polar surface area (TPSA) is 115 Å². The van der Waals surface area contributed by atoms with Gasteiger partial charge in [-0.1, -0.05) is 19.6 Å². The smallest absolute Gasteiger partial charge is 0.408 e. The molecule has 3 aromatic rings. The average molecular weight is 596 g/mol. The minimum absolute atomic E-state index is 0.142. The van der Waals surface area contributed by atoms with Crippen molar-refractivity contribution in [1.29, 1.82) is 0 Å². The quantitative estimate of drug-likeness (QED) is 0.278.